The third kappa shape index (κ3) is 4.50. The molecule has 56 valence electrons. The minimum Gasteiger partial charge on any atom is -0.0776 e. The number of rotatable bonds is 0. The average Bonchev–Trinajstić information content (AvgIpc) is 1.62. The summed E-state index contributed by atoms with van der Waals surface area (Å²) in [7, 11) is 0. The summed E-state index contributed by atoms with van der Waals surface area (Å²) in [5.74, 6) is 0. The topological polar surface area (TPSA) is 0 Å². The van der Waals surface area contributed by atoms with Crippen LogP contribution in [-0.4, -0.2) is 0 Å². The maximum Gasteiger partial charge on any atom is -0.0533 e. The molecule has 9 heavy (non-hydrogen) atoms. The zero-order valence-electron chi connectivity index (χ0n) is 5.66. The van der Waals surface area contributed by atoms with E-state index in [1.54, 1.807) is 0 Å². The van der Waals surface area contributed by atoms with Gasteiger partial charge in [0.05, 0.1) is 0 Å². The first-order chi connectivity index (χ1) is 4.00. The Bertz CT molecular complexity index is 24.0. The molecule has 0 radical (unpaired) electrons. The van der Waals surface area contributed by atoms with E-state index in [2.05, 4.69) is 0 Å². The molecular formula is C9H20. The first-order valence-corrected chi connectivity index (χ1v) is 4.00. The van der Waals surface area contributed by atoms with Gasteiger partial charge < -0.3 is 0 Å². The van der Waals surface area contributed by atoms with E-state index in [1.807, 2.05) is 0 Å². The summed E-state index contributed by atoms with van der Waals surface area (Å²) in [6, 6.07) is 0. The van der Waals surface area contributed by atoms with Crippen molar-refractivity contribution in [3.63, 3.8) is 0 Å². The Morgan fingerprint density at radius 2 is 0.444 bits per heavy atom. The highest BCUT2D eigenvalue weighted by atomic mass is 14.0. The van der Waals surface area contributed by atoms with Crippen molar-refractivity contribution in [1.29, 1.82) is 0 Å². The highest BCUT2D eigenvalue weighted by molar-refractivity contribution is 4.51. The van der Waals surface area contributed by atoms with E-state index in [0.717, 1.165) is 0 Å². The fourth-order valence-electron chi connectivity index (χ4n) is 1.41. The minimum atomic E-state index is 0. The molecule has 0 bridgehead atoms. The summed E-state index contributed by atoms with van der Waals surface area (Å²) in [6.07, 6.45) is 12.0. The second-order valence-electron chi connectivity index (χ2n) is 2.83. The van der Waals surface area contributed by atoms with Crippen LogP contribution in [0.25, 0.3) is 0 Å². The van der Waals surface area contributed by atoms with Crippen LogP contribution < -0.4 is 0 Å². The monoisotopic (exact) mass is 128 g/mol. The molecule has 0 aromatic rings. The van der Waals surface area contributed by atoms with E-state index >= 15 is 0 Å². The van der Waals surface area contributed by atoms with Gasteiger partial charge >= 0.3 is 0 Å². The largest absolute Gasteiger partial charge is 0.0776 e. The molecule has 1 saturated carbocycles. The minimum absolute atomic E-state index is 0. The lowest BCUT2D eigenvalue weighted by Crippen LogP contribution is -1.85. The molecule has 1 aliphatic rings. The van der Waals surface area contributed by atoms with Gasteiger partial charge in [0.25, 0.3) is 0 Å². The SMILES string of the molecule is C.C1CCCCCCC1. The van der Waals surface area contributed by atoms with E-state index in [-0.39, 0.29) is 7.43 Å². The lowest BCUT2D eigenvalue weighted by molar-refractivity contribution is 0.504. The molecule has 0 nitrogen and oxygen atoms in total. The summed E-state index contributed by atoms with van der Waals surface area (Å²) in [6.45, 7) is 0. The van der Waals surface area contributed by atoms with Crippen molar-refractivity contribution in [3.05, 3.63) is 0 Å². The zero-order valence-corrected chi connectivity index (χ0v) is 5.66. The zero-order chi connectivity index (χ0) is 5.66. The Morgan fingerprint density at radius 3 is 0.556 bits per heavy atom. The smallest absolute Gasteiger partial charge is 0.0533 e. The molecule has 1 fully saturated rings. The maximum atomic E-state index is 1.50. The van der Waals surface area contributed by atoms with Crippen molar-refractivity contribution in [1.82, 2.24) is 0 Å². The Labute approximate surface area is 59.7 Å². The van der Waals surface area contributed by atoms with Crippen LogP contribution in [0, 0.1) is 0 Å². The van der Waals surface area contributed by atoms with E-state index in [0.29, 0.717) is 0 Å². The molecule has 0 heterocycles. The molecule has 0 aromatic heterocycles. The molecule has 0 atom stereocenters. The van der Waals surface area contributed by atoms with Crippen molar-refractivity contribution in [2.75, 3.05) is 0 Å². The van der Waals surface area contributed by atoms with Gasteiger partial charge in [-0.2, -0.15) is 0 Å². The lowest BCUT2D eigenvalue weighted by atomic mass is 10.0. The number of hydrogen-bond donors (Lipinski definition) is 0. The van der Waals surface area contributed by atoms with Crippen LogP contribution in [-0.2, 0) is 0 Å². The molecule has 1 aliphatic carbocycles. The third-order valence-corrected chi connectivity index (χ3v) is 2.00. The van der Waals surface area contributed by atoms with Gasteiger partial charge in [-0.25, -0.2) is 0 Å². The predicted octanol–water partition coefficient (Wildman–Crippen LogP) is 3.76. The molecule has 0 heteroatoms. The van der Waals surface area contributed by atoms with Crippen LogP contribution in [0.3, 0.4) is 0 Å². The predicted molar refractivity (Wildman–Crippen MR) is 43.7 cm³/mol. The van der Waals surface area contributed by atoms with Crippen molar-refractivity contribution in [2.45, 2.75) is 58.8 Å². The van der Waals surface area contributed by atoms with E-state index in [1.165, 1.54) is 51.4 Å². The van der Waals surface area contributed by atoms with E-state index in [4.69, 9.17) is 0 Å². The lowest BCUT2D eigenvalue weighted by Gasteiger charge is -2.05. The van der Waals surface area contributed by atoms with Crippen molar-refractivity contribution < 1.29 is 0 Å². The Morgan fingerprint density at radius 1 is 0.333 bits per heavy atom. The van der Waals surface area contributed by atoms with Gasteiger partial charge in [-0.1, -0.05) is 58.8 Å². The van der Waals surface area contributed by atoms with Gasteiger partial charge in [0, 0.05) is 0 Å². The molecule has 0 spiro atoms. The summed E-state index contributed by atoms with van der Waals surface area (Å²) in [5, 5.41) is 0. The normalized spacial score (nSPS) is 21.3. The van der Waals surface area contributed by atoms with Crippen molar-refractivity contribution >= 4 is 0 Å². The second-order valence-corrected chi connectivity index (χ2v) is 2.83. The Hall–Kier alpha value is 0. The van der Waals surface area contributed by atoms with Gasteiger partial charge in [0.2, 0.25) is 0 Å². The molecule has 0 unspecified atom stereocenters. The van der Waals surface area contributed by atoms with Crippen LogP contribution in [0.4, 0.5) is 0 Å². The standard InChI is InChI=1S/C8H16.CH4/c1-2-4-6-8-7-5-3-1;/h1-8H2;1H4. The Kier molecular flexibility index (Phi) is 6.12. The van der Waals surface area contributed by atoms with Gasteiger partial charge in [-0.3, -0.25) is 0 Å². The van der Waals surface area contributed by atoms with Crippen LogP contribution in [0.15, 0.2) is 0 Å². The average molecular weight is 128 g/mol. The third-order valence-electron chi connectivity index (χ3n) is 2.00. The summed E-state index contributed by atoms with van der Waals surface area (Å²) < 4.78 is 0. The van der Waals surface area contributed by atoms with Gasteiger partial charge in [0.1, 0.15) is 0 Å². The van der Waals surface area contributed by atoms with Crippen LogP contribution in [0.1, 0.15) is 58.8 Å². The summed E-state index contributed by atoms with van der Waals surface area (Å²) in [5.41, 5.74) is 0. The fourth-order valence-corrected chi connectivity index (χ4v) is 1.41. The summed E-state index contributed by atoms with van der Waals surface area (Å²) in [4.78, 5) is 0. The molecule has 0 aliphatic heterocycles. The quantitative estimate of drug-likeness (QED) is 0.466. The molecule has 0 saturated heterocycles. The van der Waals surface area contributed by atoms with Gasteiger partial charge in [-0.15, -0.1) is 0 Å². The molecular weight excluding hydrogens is 108 g/mol. The molecule has 0 aromatic carbocycles. The molecule has 0 N–H and O–H groups in total. The molecule has 1 rings (SSSR count). The highest BCUT2D eigenvalue weighted by Gasteiger charge is 1.95. The van der Waals surface area contributed by atoms with Crippen LogP contribution in [0.2, 0.25) is 0 Å². The van der Waals surface area contributed by atoms with Crippen LogP contribution >= 0.6 is 0 Å². The summed E-state index contributed by atoms with van der Waals surface area (Å²) >= 11 is 0. The maximum absolute atomic E-state index is 1.50. The fraction of sp³-hybridized carbons (Fsp3) is 1.00. The Balaban J connectivity index is 0.000000640. The molecule has 0 amide bonds. The van der Waals surface area contributed by atoms with E-state index < -0.39 is 0 Å². The first kappa shape index (κ1) is 9.00. The first-order valence-electron chi connectivity index (χ1n) is 4.00. The van der Waals surface area contributed by atoms with Crippen LogP contribution in [0.5, 0.6) is 0 Å². The second kappa shape index (κ2) is 6.12. The van der Waals surface area contributed by atoms with E-state index in [9.17, 15) is 0 Å². The van der Waals surface area contributed by atoms with Gasteiger partial charge in [0.15, 0.2) is 0 Å². The number of hydrogen-bond acceptors (Lipinski definition) is 0. The van der Waals surface area contributed by atoms with Crippen molar-refractivity contribution in [2.24, 2.45) is 0 Å². The van der Waals surface area contributed by atoms with Gasteiger partial charge in [-0.05, 0) is 0 Å². The highest BCUT2D eigenvalue weighted by Crippen LogP contribution is 2.15. The van der Waals surface area contributed by atoms with Crippen molar-refractivity contribution in [3.8, 4) is 0 Å².